The van der Waals surface area contributed by atoms with E-state index in [4.69, 9.17) is 0 Å². The van der Waals surface area contributed by atoms with Gasteiger partial charge in [0.1, 0.15) is 5.01 Å². The summed E-state index contributed by atoms with van der Waals surface area (Å²) >= 11 is 1.44. The molecule has 142 valence electrons. The second-order valence-corrected chi connectivity index (χ2v) is 8.21. The lowest BCUT2D eigenvalue weighted by molar-refractivity contribution is -0.127. The summed E-state index contributed by atoms with van der Waals surface area (Å²) in [5, 5.41) is 15.2. The molecule has 0 bridgehead atoms. The monoisotopic (exact) mass is 385 g/mol. The fraction of sp³-hybridized carbons (Fsp3) is 0.474. The minimum Gasteiger partial charge on any atom is -0.342 e. The first kappa shape index (κ1) is 17.9. The van der Waals surface area contributed by atoms with E-state index in [-0.39, 0.29) is 17.9 Å². The number of nitrogens with one attached hydrogen (secondary N) is 2. The first-order valence-corrected chi connectivity index (χ1v) is 10.2. The van der Waals surface area contributed by atoms with E-state index in [1.54, 1.807) is 0 Å². The van der Waals surface area contributed by atoms with Gasteiger partial charge in [0, 0.05) is 37.9 Å². The SMILES string of the molecule is O=C(NC[C@@H]1CC(=O)N(CCc2ccccc2)C1)Nc1nnc(C2CC2)s1. The predicted octanol–water partition coefficient (Wildman–Crippen LogP) is 2.63. The summed E-state index contributed by atoms with van der Waals surface area (Å²) in [6.07, 6.45) is 3.67. The van der Waals surface area contributed by atoms with Crippen molar-refractivity contribution in [2.75, 3.05) is 25.0 Å². The number of likely N-dealkylation sites (tertiary alicyclic amines) is 1. The quantitative estimate of drug-likeness (QED) is 0.767. The molecule has 1 aromatic carbocycles. The maximum Gasteiger partial charge on any atom is 0.321 e. The molecule has 1 aromatic heterocycles. The highest BCUT2D eigenvalue weighted by atomic mass is 32.1. The molecule has 1 aliphatic heterocycles. The number of urea groups is 1. The van der Waals surface area contributed by atoms with Crippen LogP contribution in [0, 0.1) is 5.92 Å². The van der Waals surface area contributed by atoms with E-state index < -0.39 is 0 Å². The van der Waals surface area contributed by atoms with Crippen LogP contribution < -0.4 is 10.6 Å². The molecule has 2 fully saturated rings. The summed E-state index contributed by atoms with van der Waals surface area (Å²) in [5.41, 5.74) is 1.23. The van der Waals surface area contributed by atoms with Gasteiger partial charge in [-0.2, -0.15) is 0 Å². The Bertz CT molecular complexity index is 805. The number of nitrogens with zero attached hydrogens (tertiary/aromatic N) is 3. The molecule has 1 atom stereocenters. The molecule has 2 heterocycles. The van der Waals surface area contributed by atoms with E-state index in [0.29, 0.717) is 30.6 Å². The van der Waals surface area contributed by atoms with Gasteiger partial charge in [0.15, 0.2) is 0 Å². The zero-order valence-electron chi connectivity index (χ0n) is 15.1. The molecular formula is C19H23N5O2S. The lowest BCUT2D eigenvalue weighted by atomic mass is 10.1. The summed E-state index contributed by atoms with van der Waals surface area (Å²) in [4.78, 5) is 26.1. The first-order chi connectivity index (χ1) is 13.2. The molecule has 3 amide bonds. The molecule has 2 aromatic rings. The average Bonchev–Trinajstić information content (AvgIpc) is 3.32. The Labute approximate surface area is 162 Å². The maximum absolute atomic E-state index is 12.2. The fourth-order valence-corrected chi connectivity index (χ4v) is 4.18. The largest absolute Gasteiger partial charge is 0.342 e. The summed E-state index contributed by atoms with van der Waals surface area (Å²) in [5.74, 6) is 0.847. The van der Waals surface area contributed by atoms with Crippen molar-refractivity contribution in [3.05, 3.63) is 40.9 Å². The van der Waals surface area contributed by atoms with Crippen LogP contribution in [0.1, 0.15) is 35.8 Å². The third kappa shape index (κ3) is 4.82. The van der Waals surface area contributed by atoms with Crippen LogP contribution in [-0.2, 0) is 11.2 Å². The fourth-order valence-electron chi connectivity index (χ4n) is 3.27. The van der Waals surface area contributed by atoms with Crippen LogP contribution in [0.3, 0.4) is 0 Å². The van der Waals surface area contributed by atoms with E-state index in [0.717, 1.165) is 30.8 Å². The van der Waals surface area contributed by atoms with E-state index >= 15 is 0 Å². The molecule has 1 saturated heterocycles. The van der Waals surface area contributed by atoms with Gasteiger partial charge in [-0.15, -0.1) is 10.2 Å². The smallest absolute Gasteiger partial charge is 0.321 e. The zero-order valence-corrected chi connectivity index (χ0v) is 15.9. The van der Waals surface area contributed by atoms with E-state index in [2.05, 4.69) is 33.0 Å². The van der Waals surface area contributed by atoms with Gasteiger partial charge >= 0.3 is 6.03 Å². The standard InChI is InChI=1S/C19H23N5O2S/c25-16-10-14(12-24(16)9-8-13-4-2-1-3-5-13)11-20-18(26)21-19-23-22-17(27-19)15-6-7-15/h1-5,14-15H,6-12H2,(H2,20,21,23,26)/t14-/m0/s1. The van der Waals surface area contributed by atoms with Crippen LogP contribution in [0.15, 0.2) is 30.3 Å². The van der Waals surface area contributed by atoms with Crippen molar-refractivity contribution in [3.8, 4) is 0 Å². The van der Waals surface area contributed by atoms with Crippen LogP contribution >= 0.6 is 11.3 Å². The molecule has 0 radical (unpaired) electrons. The number of anilines is 1. The Kier molecular flexibility index (Phi) is 5.33. The van der Waals surface area contributed by atoms with Crippen LogP contribution in [0.2, 0.25) is 0 Å². The number of carbonyl (C=O) groups is 2. The Morgan fingerprint density at radius 1 is 1.22 bits per heavy atom. The number of amides is 3. The van der Waals surface area contributed by atoms with Crippen molar-refractivity contribution >= 4 is 28.4 Å². The molecule has 4 rings (SSSR count). The summed E-state index contributed by atoms with van der Waals surface area (Å²) in [7, 11) is 0. The number of rotatable bonds is 7. The second-order valence-electron chi connectivity index (χ2n) is 7.20. The Hall–Kier alpha value is -2.48. The van der Waals surface area contributed by atoms with E-state index in [1.165, 1.54) is 16.9 Å². The van der Waals surface area contributed by atoms with Gasteiger partial charge in [-0.25, -0.2) is 4.79 Å². The molecule has 27 heavy (non-hydrogen) atoms. The van der Waals surface area contributed by atoms with Crippen molar-refractivity contribution in [2.45, 2.75) is 31.6 Å². The molecule has 7 nitrogen and oxygen atoms in total. The van der Waals surface area contributed by atoms with Crippen LogP contribution in [-0.4, -0.2) is 46.7 Å². The third-order valence-electron chi connectivity index (χ3n) is 4.95. The molecule has 1 saturated carbocycles. The lowest BCUT2D eigenvalue weighted by Crippen LogP contribution is -2.34. The van der Waals surface area contributed by atoms with E-state index in [1.807, 2.05) is 23.1 Å². The van der Waals surface area contributed by atoms with Crippen molar-refractivity contribution < 1.29 is 9.59 Å². The minimum atomic E-state index is -0.288. The first-order valence-electron chi connectivity index (χ1n) is 9.37. The van der Waals surface area contributed by atoms with Gasteiger partial charge in [-0.3, -0.25) is 10.1 Å². The van der Waals surface area contributed by atoms with Crippen molar-refractivity contribution in [1.82, 2.24) is 20.4 Å². The predicted molar refractivity (Wildman–Crippen MR) is 104 cm³/mol. The highest BCUT2D eigenvalue weighted by Crippen LogP contribution is 2.42. The highest BCUT2D eigenvalue weighted by Gasteiger charge is 2.30. The Morgan fingerprint density at radius 3 is 2.81 bits per heavy atom. The second kappa shape index (κ2) is 8.04. The third-order valence-corrected chi connectivity index (χ3v) is 5.95. The zero-order chi connectivity index (χ0) is 18.6. The van der Waals surface area contributed by atoms with Gasteiger partial charge in [0.25, 0.3) is 0 Å². The molecule has 1 aliphatic carbocycles. The number of aromatic nitrogens is 2. The lowest BCUT2D eigenvalue weighted by Gasteiger charge is -2.17. The molecular weight excluding hydrogens is 362 g/mol. The van der Waals surface area contributed by atoms with Gasteiger partial charge in [0.2, 0.25) is 11.0 Å². The van der Waals surface area contributed by atoms with Gasteiger partial charge < -0.3 is 10.2 Å². The molecule has 2 N–H and O–H groups in total. The van der Waals surface area contributed by atoms with Crippen molar-refractivity contribution in [3.63, 3.8) is 0 Å². The molecule has 8 heteroatoms. The summed E-state index contributed by atoms with van der Waals surface area (Å²) in [6.45, 7) is 1.89. The van der Waals surface area contributed by atoms with Crippen molar-refractivity contribution in [1.29, 1.82) is 0 Å². The van der Waals surface area contributed by atoms with Crippen LogP contribution in [0.4, 0.5) is 9.93 Å². The molecule has 0 unspecified atom stereocenters. The number of benzene rings is 1. The van der Waals surface area contributed by atoms with Gasteiger partial charge in [-0.05, 0) is 24.8 Å². The van der Waals surface area contributed by atoms with Crippen molar-refractivity contribution in [2.24, 2.45) is 5.92 Å². The highest BCUT2D eigenvalue weighted by molar-refractivity contribution is 7.15. The number of carbonyl (C=O) groups excluding carboxylic acids is 2. The van der Waals surface area contributed by atoms with Crippen LogP contribution in [0.25, 0.3) is 0 Å². The summed E-state index contributed by atoms with van der Waals surface area (Å²) in [6, 6.07) is 9.88. The Balaban J connectivity index is 1.19. The number of hydrogen-bond acceptors (Lipinski definition) is 5. The minimum absolute atomic E-state index is 0.149. The number of hydrogen-bond donors (Lipinski definition) is 2. The van der Waals surface area contributed by atoms with Gasteiger partial charge in [0.05, 0.1) is 0 Å². The Morgan fingerprint density at radius 2 is 2.04 bits per heavy atom. The van der Waals surface area contributed by atoms with E-state index in [9.17, 15) is 9.59 Å². The summed E-state index contributed by atoms with van der Waals surface area (Å²) < 4.78 is 0. The topological polar surface area (TPSA) is 87.2 Å². The molecule has 0 spiro atoms. The van der Waals surface area contributed by atoms with Gasteiger partial charge in [-0.1, -0.05) is 41.7 Å². The average molecular weight is 385 g/mol. The van der Waals surface area contributed by atoms with Crippen LogP contribution in [0.5, 0.6) is 0 Å². The maximum atomic E-state index is 12.2. The normalized spacial score (nSPS) is 19.3. The molecule has 2 aliphatic rings.